The molecule has 1 aromatic rings. The summed E-state index contributed by atoms with van der Waals surface area (Å²) < 4.78 is 1.000. The molecule has 0 aromatic heterocycles. The van der Waals surface area contributed by atoms with Crippen molar-refractivity contribution in [2.24, 2.45) is 0 Å². The third kappa shape index (κ3) is 2.05. The van der Waals surface area contributed by atoms with Gasteiger partial charge in [0, 0.05) is 11.0 Å². The molecule has 1 aliphatic heterocycles. The number of nitrogens with zero attached hydrogens (tertiary/aromatic N) is 1. The summed E-state index contributed by atoms with van der Waals surface area (Å²) in [5, 5.41) is 0. The smallest absolute Gasteiger partial charge is 0.240 e. The predicted octanol–water partition coefficient (Wildman–Crippen LogP) is 3.57. The van der Waals surface area contributed by atoms with Crippen LogP contribution in [0.4, 0.5) is 5.69 Å². The number of carbonyl (C=O) groups is 1. The van der Waals surface area contributed by atoms with Crippen molar-refractivity contribution in [3.63, 3.8) is 0 Å². The Bertz CT molecular complexity index is 422. The van der Waals surface area contributed by atoms with Crippen LogP contribution in [0.25, 0.3) is 0 Å². The Balaban J connectivity index is 2.45. The maximum absolute atomic E-state index is 12.0. The fourth-order valence-electron chi connectivity index (χ4n) is 2.12. The number of benzene rings is 1. The second-order valence-corrected chi connectivity index (χ2v) is 6.12. The first kappa shape index (κ1) is 12.1. The molecule has 1 fully saturated rings. The largest absolute Gasteiger partial charge is 0.310 e. The van der Waals surface area contributed by atoms with Crippen LogP contribution in [-0.2, 0) is 4.79 Å². The molecule has 0 saturated carbocycles. The summed E-state index contributed by atoms with van der Waals surface area (Å²) in [6.45, 7) is 4.89. The molecule has 0 spiro atoms. The van der Waals surface area contributed by atoms with E-state index in [0.717, 1.165) is 28.7 Å². The van der Waals surface area contributed by atoms with Gasteiger partial charge in [0.05, 0.1) is 10.5 Å². The van der Waals surface area contributed by atoms with Crippen LogP contribution in [0.1, 0.15) is 17.5 Å². The van der Waals surface area contributed by atoms with Gasteiger partial charge < -0.3 is 4.90 Å². The summed E-state index contributed by atoms with van der Waals surface area (Å²) in [7, 11) is 0. The number of anilines is 1. The van der Waals surface area contributed by atoms with Gasteiger partial charge in [0.1, 0.15) is 0 Å². The predicted molar refractivity (Wildman–Crippen MR) is 73.3 cm³/mol. The van der Waals surface area contributed by atoms with Crippen LogP contribution in [0.3, 0.4) is 0 Å². The van der Waals surface area contributed by atoms with Gasteiger partial charge in [-0.15, -0.1) is 0 Å². The molecule has 1 atom stereocenters. The minimum absolute atomic E-state index is 0.0277. The second-order valence-electron chi connectivity index (χ2n) is 4.16. The third-order valence-corrected chi connectivity index (χ3v) is 4.26. The topological polar surface area (TPSA) is 20.3 Å². The van der Waals surface area contributed by atoms with Gasteiger partial charge in [-0.1, -0.05) is 22.0 Å². The normalized spacial score (nSPS) is 20.6. The molecular formula is C12H13Br2NO. The van der Waals surface area contributed by atoms with Crippen molar-refractivity contribution in [2.45, 2.75) is 25.1 Å². The molecule has 0 aliphatic carbocycles. The Hall–Kier alpha value is -0.350. The van der Waals surface area contributed by atoms with E-state index in [-0.39, 0.29) is 10.7 Å². The Morgan fingerprint density at radius 2 is 2.06 bits per heavy atom. The number of amides is 1. The van der Waals surface area contributed by atoms with Crippen LogP contribution in [0.5, 0.6) is 0 Å². The van der Waals surface area contributed by atoms with Gasteiger partial charge in [-0.3, -0.25) is 4.79 Å². The van der Waals surface area contributed by atoms with Gasteiger partial charge in [-0.2, -0.15) is 0 Å². The summed E-state index contributed by atoms with van der Waals surface area (Å²) in [5.41, 5.74) is 3.36. The lowest BCUT2D eigenvalue weighted by atomic mass is 10.1. The van der Waals surface area contributed by atoms with Crippen molar-refractivity contribution in [3.8, 4) is 0 Å². The quantitative estimate of drug-likeness (QED) is 0.712. The van der Waals surface area contributed by atoms with Crippen molar-refractivity contribution in [1.29, 1.82) is 0 Å². The average Bonchev–Trinajstić information content (AvgIpc) is 2.48. The monoisotopic (exact) mass is 345 g/mol. The standard InChI is InChI=1S/C12H13Br2NO/c1-7-5-8(2)11(10(14)6-7)15-4-3-9(13)12(15)16/h5-6,9H,3-4H2,1-2H3. The molecule has 1 heterocycles. The number of alkyl halides is 1. The molecule has 1 saturated heterocycles. The summed E-state index contributed by atoms with van der Waals surface area (Å²) in [5.74, 6) is 0.160. The zero-order valence-electron chi connectivity index (χ0n) is 9.26. The summed E-state index contributed by atoms with van der Waals surface area (Å²) in [6.07, 6.45) is 0.874. The van der Waals surface area contributed by atoms with Crippen LogP contribution in [-0.4, -0.2) is 17.3 Å². The molecule has 16 heavy (non-hydrogen) atoms. The first-order chi connectivity index (χ1) is 7.50. The lowest BCUT2D eigenvalue weighted by Crippen LogP contribution is -2.28. The molecule has 0 bridgehead atoms. The molecule has 1 aromatic carbocycles. The SMILES string of the molecule is Cc1cc(C)c(N2CCC(Br)C2=O)c(Br)c1. The van der Waals surface area contributed by atoms with Gasteiger partial charge in [-0.25, -0.2) is 0 Å². The van der Waals surface area contributed by atoms with E-state index in [1.807, 2.05) is 11.8 Å². The highest BCUT2D eigenvalue weighted by Crippen LogP contribution is 2.35. The van der Waals surface area contributed by atoms with Crippen LogP contribution < -0.4 is 4.90 Å². The fraction of sp³-hybridized carbons (Fsp3) is 0.417. The zero-order chi connectivity index (χ0) is 11.9. The number of rotatable bonds is 1. The minimum atomic E-state index is -0.0277. The molecule has 1 unspecified atom stereocenters. The van der Waals surface area contributed by atoms with Crippen molar-refractivity contribution in [2.75, 3.05) is 11.4 Å². The lowest BCUT2D eigenvalue weighted by Gasteiger charge is -2.20. The van der Waals surface area contributed by atoms with E-state index >= 15 is 0 Å². The van der Waals surface area contributed by atoms with E-state index in [4.69, 9.17) is 0 Å². The van der Waals surface area contributed by atoms with E-state index in [1.54, 1.807) is 0 Å². The second kappa shape index (κ2) is 4.49. The summed E-state index contributed by atoms with van der Waals surface area (Å²) >= 11 is 6.94. The Kier molecular flexibility index (Phi) is 3.40. The maximum atomic E-state index is 12.0. The van der Waals surface area contributed by atoms with Crippen LogP contribution in [0.2, 0.25) is 0 Å². The lowest BCUT2D eigenvalue weighted by molar-refractivity contribution is -0.116. The molecule has 1 aliphatic rings. The number of hydrogen-bond acceptors (Lipinski definition) is 1. The minimum Gasteiger partial charge on any atom is -0.310 e. The van der Waals surface area contributed by atoms with Crippen LogP contribution >= 0.6 is 31.9 Å². The van der Waals surface area contributed by atoms with Crippen molar-refractivity contribution in [1.82, 2.24) is 0 Å². The molecule has 2 nitrogen and oxygen atoms in total. The Labute approximate surface area is 112 Å². The first-order valence-corrected chi connectivity index (χ1v) is 6.94. The van der Waals surface area contributed by atoms with Gasteiger partial charge in [0.15, 0.2) is 0 Å². The molecule has 0 N–H and O–H groups in total. The molecular weight excluding hydrogens is 334 g/mol. The summed E-state index contributed by atoms with van der Waals surface area (Å²) in [6, 6.07) is 4.16. The molecule has 0 radical (unpaired) electrons. The van der Waals surface area contributed by atoms with Gasteiger partial charge >= 0.3 is 0 Å². The van der Waals surface area contributed by atoms with E-state index in [2.05, 4.69) is 50.9 Å². The number of aryl methyl sites for hydroxylation is 2. The van der Waals surface area contributed by atoms with Crippen molar-refractivity contribution in [3.05, 3.63) is 27.7 Å². The summed E-state index contributed by atoms with van der Waals surface area (Å²) in [4.78, 5) is 13.8. The zero-order valence-corrected chi connectivity index (χ0v) is 12.4. The van der Waals surface area contributed by atoms with Crippen LogP contribution in [0, 0.1) is 13.8 Å². The van der Waals surface area contributed by atoms with Crippen molar-refractivity contribution >= 4 is 43.5 Å². The van der Waals surface area contributed by atoms with Gasteiger partial charge in [0.2, 0.25) is 5.91 Å². The Morgan fingerprint density at radius 1 is 1.38 bits per heavy atom. The Morgan fingerprint density at radius 3 is 2.56 bits per heavy atom. The molecule has 86 valence electrons. The number of halogens is 2. The van der Waals surface area contributed by atoms with E-state index in [9.17, 15) is 4.79 Å². The number of hydrogen-bond donors (Lipinski definition) is 0. The number of carbonyl (C=O) groups excluding carboxylic acids is 1. The van der Waals surface area contributed by atoms with E-state index in [0.29, 0.717) is 0 Å². The van der Waals surface area contributed by atoms with Crippen molar-refractivity contribution < 1.29 is 4.79 Å². The maximum Gasteiger partial charge on any atom is 0.240 e. The molecule has 4 heteroatoms. The highest BCUT2D eigenvalue weighted by atomic mass is 79.9. The molecule has 2 rings (SSSR count). The highest BCUT2D eigenvalue weighted by Gasteiger charge is 2.32. The first-order valence-electron chi connectivity index (χ1n) is 5.23. The third-order valence-electron chi connectivity index (χ3n) is 2.81. The average molecular weight is 347 g/mol. The van der Waals surface area contributed by atoms with Crippen LogP contribution in [0.15, 0.2) is 16.6 Å². The fourth-order valence-corrected chi connectivity index (χ4v) is 3.46. The van der Waals surface area contributed by atoms with E-state index in [1.165, 1.54) is 5.56 Å². The van der Waals surface area contributed by atoms with Gasteiger partial charge in [0.25, 0.3) is 0 Å². The van der Waals surface area contributed by atoms with Gasteiger partial charge in [-0.05, 0) is 53.4 Å². The van der Waals surface area contributed by atoms with E-state index < -0.39 is 0 Å². The highest BCUT2D eigenvalue weighted by molar-refractivity contribution is 9.10. The molecule has 1 amide bonds.